The van der Waals surface area contributed by atoms with E-state index in [1.165, 1.54) is 12.1 Å². The molecule has 0 aliphatic rings. The van der Waals surface area contributed by atoms with Crippen LogP contribution in [0.1, 0.15) is 57.8 Å². The van der Waals surface area contributed by atoms with E-state index in [-0.39, 0.29) is 34.1 Å². The molecule has 1 aromatic carbocycles. The molecule has 1 rings (SSSR count). The minimum absolute atomic E-state index is 0.00493. The van der Waals surface area contributed by atoms with Gasteiger partial charge in [0.2, 0.25) is 5.91 Å². The highest BCUT2D eigenvalue weighted by atomic mass is 35.5. The van der Waals surface area contributed by atoms with Crippen LogP contribution in [-0.4, -0.2) is 28.8 Å². The Morgan fingerprint density at radius 3 is 2.26 bits per heavy atom. The van der Waals surface area contributed by atoms with E-state index >= 15 is 0 Å². The van der Waals surface area contributed by atoms with Gasteiger partial charge < -0.3 is 10.6 Å². The lowest BCUT2D eigenvalue weighted by Crippen LogP contribution is -2.51. The van der Waals surface area contributed by atoms with Crippen molar-refractivity contribution in [1.82, 2.24) is 10.6 Å². The van der Waals surface area contributed by atoms with Crippen LogP contribution >= 0.6 is 11.6 Å². The lowest BCUT2D eigenvalue weighted by molar-refractivity contribution is -0.384. The first-order valence-electron chi connectivity index (χ1n) is 9.08. The zero-order valence-electron chi connectivity index (χ0n) is 16.4. The van der Waals surface area contributed by atoms with Gasteiger partial charge in [0, 0.05) is 17.7 Å². The van der Waals surface area contributed by atoms with E-state index in [9.17, 15) is 19.7 Å². The second-order valence-corrected chi connectivity index (χ2v) is 7.91. The maximum atomic E-state index is 12.6. The van der Waals surface area contributed by atoms with Crippen LogP contribution in [0.5, 0.6) is 0 Å². The second kappa shape index (κ2) is 10.3. The first kappa shape index (κ1) is 22.9. The molecule has 0 saturated heterocycles. The van der Waals surface area contributed by atoms with Crippen molar-refractivity contribution in [2.24, 2.45) is 11.8 Å². The summed E-state index contributed by atoms with van der Waals surface area (Å²) in [5.41, 5.74) is -0.269. The SMILES string of the molecule is CC(C)CCC(C)NC(=O)[C@@H](NC(=O)c1ccc(Cl)c([N+](=O)[O-])c1)C(C)C. The lowest BCUT2D eigenvalue weighted by atomic mass is 10.0. The number of nitro benzene ring substituents is 1. The molecular weight excluding hydrogens is 370 g/mol. The fraction of sp³-hybridized carbons (Fsp3) is 0.579. The molecular formula is C19H28ClN3O4. The number of hydrogen-bond acceptors (Lipinski definition) is 4. The van der Waals surface area contributed by atoms with Crippen molar-refractivity contribution in [2.75, 3.05) is 0 Å². The van der Waals surface area contributed by atoms with Crippen LogP contribution in [0, 0.1) is 22.0 Å². The van der Waals surface area contributed by atoms with Crippen molar-refractivity contribution in [3.8, 4) is 0 Å². The summed E-state index contributed by atoms with van der Waals surface area (Å²) >= 11 is 5.77. The maximum Gasteiger partial charge on any atom is 0.288 e. The van der Waals surface area contributed by atoms with E-state index in [0.717, 1.165) is 18.9 Å². The fourth-order valence-corrected chi connectivity index (χ4v) is 2.73. The van der Waals surface area contributed by atoms with Gasteiger partial charge in [-0.1, -0.05) is 39.3 Å². The van der Waals surface area contributed by atoms with E-state index in [1.807, 2.05) is 20.8 Å². The quantitative estimate of drug-likeness (QED) is 0.486. The van der Waals surface area contributed by atoms with Gasteiger partial charge in [0.25, 0.3) is 11.6 Å². The Morgan fingerprint density at radius 2 is 1.74 bits per heavy atom. The van der Waals surface area contributed by atoms with Crippen molar-refractivity contribution in [3.05, 3.63) is 38.9 Å². The third-order valence-electron chi connectivity index (χ3n) is 4.21. The minimum atomic E-state index is -0.742. The molecule has 0 fully saturated rings. The topological polar surface area (TPSA) is 101 Å². The number of carbonyl (C=O) groups is 2. The summed E-state index contributed by atoms with van der Waals surface area (Å²) in [7, 11) is 0. The Morgan fingerprint density at radius 1 is 1.11 bits per heavy atom. The number of nitro groups is 1. The smallest absolute Gasteiger partial charge is 0.288 e. The van der Waals surface area contributed by atoms with Crippen LogP contribution in [0.2, 0.25) is 5.02 Å². The predicted octanol–water partition coefficient (Wildman–Crippen LogP) is 3.94. The fourth-order valence-electron chi connectivity index (χ4n) is 2.54. The van der Waals surface area contributed by atoms with Gasteiger partial charge in [-0.3, -0.25) is 19.7 Å². The first-order chi connectivity index (χ1) is 12.5. The Bertz CT molecular complexity index is 692. The number of halogens is 1. The molecule has 0 aromatic heterocycles. The van der Waals surface area contributed by atoms with Gasteiger partial charge in [-0.05, 0) is 43.7 Å². The van der Waals surface area contributed by atoms with Gasteiger partial charge in [-0.15, -0.1) is 0 Å². The average Bonchev–Trinajstić information content (AvgIpc) is 2.57. The zero-order valence-corrected chi connectivity index (χ0v) is 17.2. The van der Waals surface area contributed by atoms with Gasteiger partial charge in [0.15, 0.2) is 0 Å². The monoisotopic (exact) mass is 397 g/mol. The molecule has 2 N–H and O–H groups in total. The minimum Gasteiger partial charge on any atom is -0.352 e. The number of benzene rings is 1. The summed E-state index contributed by atoms with van der Waals surface area (Å²) in [6.07, 6.45) is 1.85. The number of nitrogens with one attached hydrogen (secondary N) is 2. The van der Waals surface area contributed by atoms with Crippen molar-refractivity contribution in [2.45, 2.75) is 59.5 Å². The molecule has 2 amide bonds. The summed E-state index contributed by atoms with van der Waals surface area (Å²) < 4.78 is 0. The molecule has 7 nitrogen and oxygen atoms in total. The Kier molecular flexibility index (Phi) is 8.69. The highest BCUT2D eigenvalue weighted by molar-refractivity contribution is 6.32. The highest BCUT2D eigenvalue weighted by Gasteiger charge is 2.26. The van der Waals surface area contributed by atoms with E-state index in [0.29, 0.717) is 5.92 Å². The highest BCUT2D eigenvalue weighted by Crippen LogP contribution is 2.25. The van der Waals surface area contributed by atoms with E-state index in [2.05, 4.69) is 24.5 Å². The number of rotatable bonds is 9. The maximum absolute atomic E-state index is 12.6. The van der Waals surface area contributed by atoms with Gasteiger partial charge in [-0.25, -0.2) is 0 Å². The third-order valence-corrected chi connectivity index (χ3v) is 4.53. The third kappa shape index (κ3) is 7.17. The van der Waals surface area contributed by atoms with Gasteiger partial charge in [-0.2, -0.15) is 0 Å². The first-order valence-corrected chi connectivity index (χ1v) is 9.45. The predicted molar refractivity (Wildman–Crippen MR) is 106 cm³/mol. The standard InChI is InChI=1S/C19H28ClN3O4/c1-11(2)6-7-13(5)21-19(25)17(12(3)4)22-18(24)14-8-9-15(20)16(10-14)23(26)27/h8-13,17H,6-7H2,1-5H3,(H,21,25)(H,22,24)/t13?,17-/m0/s1. The number of nitrogens with zero attached hydrogens (tertiary/aromatic N) is 1. The molecule has 0 spiro atoms. The molecule has 8 heteroatoms. The molecule has 0 saturated carbocycles. The van der Waals surface area contributed by atoms with Crippen molar-refractivity contribution < 1.29 is 14.5 Å². The van der Waals surface area contributed by atoms with Crippen LogP contribution in [-0.2, 0) is 4.79 Å². The van der Waals surface area contributed by atoms with Gasteiger partial charge >= 0.3 is 0 Å². The van der Waals surface area contributed by atoms with Crippen molar-refractivity contribution in [1.29, 1.82) is 0 Å². The summed E-state index contributed by atoms with van der Waals surface area (Å²) in [5.74, 6) is -0.421. The van der Waals surface area contributed by atoms with Gasteiger partial charge in [0.1, 0.15) is 11.1 Å². The average molecular weight is 398 g/mol. The zero-order chi connectivity index (χ0) is 20.7. The number of amides is 2. The Hall–Kier alpha value is -2.15. The second-order valence-electron chi connectivity index (χ2n) is 7.50. The molecule has 0 aliphatic heterocycles. The van der Waals surface area contributed by atoms with Gasteiger partial charge in [0.05, 0.1) is 4.92 Å². The summed E-state index contributed by atoms with van der Waals surface area (Å²) in [6, 6.07) is 3.06. The van der Waals surface area contributed by atoms with Crippen LogP contribution in [0.4, 0.5) is 5.69 Å². The lowest BCUT2D eigenvalue weighted by Gasteiger charge is -2.24. The molecule has 2 atom stereocenters. The van der Waals surface area contributed by atoms with Crippen molar-refractivity contribution in [3.63, 3.8) is 0 Å². The van der Waals surface area contributed by atoms with Crippen LogP contribution < -0.4 is 10.6 Å². The molecule has 0 radical (unpaired) electrons. The van der Waals surface area contributed by atoms with Crippen molar-refractivity contribution >= 4 is 29.1 Å². The number of carbonyl (C=O) groups excluding carboxylic acids is 2. The van der Waals surface area contributed by atoms with E-state index < -0.39 is 16.9 Å². The molecule has 0 aliphatic carbocycles. The van der Waals surface area contributed by atoms with Crippen LogP contribution in [0.3, 0.4) is 0 Å². The molecule has 27 heavy (non-hydrogen) atoms. The number of hydrogen-bond donors (Lipinski definition) is 2. The normalized spacial score (nSPS) is 13.3. The Balaban J connectivity index is 2.84. The summed E-state index contributed by atoms with van der Waals surface area (Å²) in [5, 5.41) is 16.5. The summed E-state index contributed by atoms with van der Waals surface area (Å²) in [6.45, 7) is 9.83. The van der Waals surface area contributed by atoms with E-state index in [1.54, 1.807) is 0 Å². The largest absolute Gasteiger partial charge is 0.352 e. The van der Waals surface area contributed by atoms with E-state index in [4.69, 9.17) is 11.6 Å². The molecule has 0 heterocycles. The molecule has 150 valence electrons. The Labute approximate surface area is 165 Å². The molecule has 1 aromatic rings. The van der Waals surface area contributed by atoms with Crippen LogP contribution in [0.25, 0.3) is 0 Å². The molecule has 0 bridgehead atoms. The molecule has 1 unspecified atom stereocenters. The van der Waals surface area contributed by atoms with Crippen LogP contribution in [0.15, 0.2) is 18.2 Å². The summed E-state index contributed by atoms with van der Waals surface area (Å²) in [4.78, 5) is 35.4.